The van der Waals surface area contributed by atoms with Crippen molar-refractivity contribution in [3.05, 3.63) is 35.6 Å². The van der Waals surface area contributed by atoms with E-state index in [1.807, 2.05) is 12.1 Å². The molecular weight excluding hydrogens is 251 g/mol. The van der Waals surface area contributed by atoms with E-state index in [2.05, 4.69) is 37.9 Å². The SMILES string of the molecule is CC(C)C1CN(Cc2ccc(F)cc2)C(C(C)C)CN1. The van der Waals surface area contributed by atoms with Crippen LogP contribution in [0.2, 0.25) is 0 Å². The van der Waals surface area contributed by atoms with E-state index in [4.69, 9.17) is 0 Å². The standard InChI is InChI=1S/C17H27FN2/c1-12(2)16-11-20(17(9-19-16)13(3)4)10-14-5-7-15(18)8-6-14/h5-8,12-13,16-17,19H,9-11H2,1-4H3. The molecule has 1 fully saturated rings. The molecule has 1 N–H and O–H groups in total. The lowest BCUT2D eigenvalue weighted by molar-refractivity contribution is 0.0783. The summed E-state index contributed by atoms with van der Waals surface area (Å²) in [6.07, 6.45) is 0. The Kier molecular flexibility index (Phi) is 5.17. The van der Waals surface area contributed by atoms with Crippen LogP contribution in [-0.4, -0.2) is 30.1 Å². The van der Waals surface area contributed by atoms with Crippen molar-refractivity contribution in [3.8, 4) is 0 Å². The van der Waals surface area contributed by atoms with Crippen LogP contribution in [0.5, 0.6) is 0 Å². The van der Waals surface area contributed by atoms with Crippen LogP contribution in [-0.2, 0) is 6.54 Å². The van der Waals surface area contributed by atoms with Gasteiger partial charge in [0.25, 0.3) is 0 Å². The lowest BCUT2D eigenvalue weighted by Gasteiger charge is -2.43. The van der Waals surface area contributed by atoms with Crippen LogP contribution in [0.15, 0.2) is 24.3 Å². The van der Waals surface area contributed by atoms with Crippen LogP contribution in [0, 0.1) is 17.7 Å². The van der Waals surface area contributed by atoms with Gasteiger partial charge < -0.3 is 5.32 Å². The zero-order valence-electron chi connectivity index (χ0n) is 13.1. The average molecular weight is 278 g/mol. The predicted octanol–water partition coefficient (Wildman–Crippen LogP) is 3.28. The second kappa shape index (κ2) is 6.68. The number of halogens is 1. The molecule has 3 heteroatoms. The third-order valence-corrected chi connectivity index (χ3v) is 4.36. The topological polar surface area (TPSA) is 15.3 Å². The van der Waals surface area contributed by atoms with Gasteiger partial charge in [-0.1, -0.05) is 39.8 Å². The van der Waals surface area contributed by atoms with Crippen molar-refractivity contribution in [1.29, 1.82) is 0 Å². The quantitative estimate of drug-likeness (QED) is 0.909. The molecule has 2 rings (SSSR count). The molecule has 2 atom stereocenters. The Morgan fingerprint density at radius 3 is 2.35 bits per heavy atom. The summed E-state index contributed by atoms with van der Waals surface area (Å²) in [5.41, 5.74) is 1.20. The summed E-state index contributed by atoms with van der Waals surface area (Å²) in [4.78, 5) is 2.55. The number of nitrogens with zero attached hydrogens (tertiary/aromatic N) is 1. The summed E-state index contributed by atoms with van der Waals surface area (Å²) in [6.45, 7) is 12.1. The van der Waals surface area contributed by atoms with Gasteiger partial charge in [-0.05, 0) is 29.5 Å². The Hall–Kier alpha value is -0.930. The molecule has 0 saturated carbocycles. The molecule has 0 spiro atoms. The molecular formula is C17H27FN2. The molecule has 2 nitrogen and oxygen atoms in total. The highest BCUT2D eigenvalue weighted by Crippen LogP contribution is 2.20. The molecule has 2 unspecified atom stereocenters. The number of piperazine rings is 1. The van der Waals surface area contributed by atoms with E-state index in [0.29, 0.717) is 23.9 Å². The molecule has 1 aromatic rings. The van der Waals surface area contributed by atoms with Crippen molar-refractivity contribution in [2.45, 2.75) is 46.3 Å². The maximum atomic E-state index is 13.0. The van der Waals surface area contributed by atoms with E-state index in [0.717, 1.165) is 19.6 Å². The van der Waals surface area contributed by atoms with E-state index in [1.165, 1.54) is 5.56 Å². The fourth-order valence-electron chi connectivity index (χ4n) is 2.96. The molecule has 0 radical (unpaired) electrons. The van der Waals surface area contributed by atoms with Crippen molar-refractivity contribution >= 4 is 0 Å². The van der Waals surface area contributed by atoms with Crippen molar-refractivity contribution in [1.82, 2.24) is 10.2 Å². The van der Waals surface area contributed by atoms with Crippen LogP contribution >= 0.6 is 0 Å². The Morgan fingerprint density at radius 1 is 1.15 bits per heavy atom. The second-order valence-corrected chi connectivity index (χ2v) is 6.63. The fraction of sp³-hybridized carbons (Fsp3) is 0.647. The lowest BCUT2D eigenvalue weighted by atomic mass is 9.94. The Labute approximate surface area is 122 Å². The van der Waals surface area contributed by atoms with E-state index >= 15 is 0 Å². The van der Waals surface area contributed by atoms with Gasteiger partial charge in [0.1, 0.15) is 5.82 Å². The van der Waals surface area contributed by atoms with Gasteiger partial charge in [0.2, 0.25) is 0 Å². The molecule has 1 aromatic carbocycles. The molecule has 0 aromatic heterocycles. The summed E-state index contributed by atoms with van der Waals surface area (Å²) in [5, 5.41) is 3.67. The third-order valence-electron chi connectivity index (χ3n) is 4.36. The Bertz CT molecular complexity index is 414. The molecule has 0 bridgehead atoms. The molecule has 112 valence electrons. The minimum Gasteiger partial charge on any atom is -0.311 e. The number of rotatable bonds is 4. The van der Waals surface area contributed by atoms with E-state index in [9.17, 15) is 4.39 Å². The maximum absolute atomic E-state index is 13.0. The normalized spacial score (nSPS) is 24.6. The fourth-order valence-corrected chi connectivity index (χ4v) is 2.96. The van der Waals surface area contributed by atoms with Crippen molar-refractivity contribution in [3.63, 3.8) is 0 Å². The molecule has 0 amide bonds. The van der Waals surface area contributed by atoms with Gasteiger partial charge in [0.15, 0.2) is 0 Å². The summed E-state index contributed by atoms with van der Waals surface area (Å²) in [7, 11) is 0. The third kappa shape index (κ3) is 3.80. The van der Waals surface area contributed by atoms with Crippen LogP contribution in [0.25, 0.3) is 0 Å². The average Bonchev–Trinajstić information content (AvgIpc) is 2.41. The first kappa shape index (κ1) is 15.5. The summed E-state index contributed by atoms with van der Waals surface area (Å²) in [5.74, 6) is 1.10. The van der Waals surface area contributed by atoms with E-state index in [1.54, 1.807) is 12.1 Å². The van der Waals surface area contributed by atoms with Crippen molar-refractivity contribution in [2.24, 2.45) is 11.8 Å². The van der Waals surface area contributed by atoms with Crippen molar-refractivity contribution in [2.75, 3.05) is 13.1 Å². The molecule has 1 aliphatic rings. The van der Waals surface area contributed by atoms with Crippen LogP contribution in [0.1, 0.15) is 33.3 Å². The molecule has 1 saturated heterocycles. The van der Waals surface area contributed by atoms with Gasteiger partial charge in [-0.25, -0.2) is 4.39 Å². The monoisotopic (exact) mass is 278 g/mol. The van der Waals surface area contributed by atoms with E-state index < -0.39 is 0 Å². The Balaban J connectivity index is 2.08. The number of benzene rings is 1. The minimum absolute atomic E-state index is 0.158. The summed E-state index contributed by atoms with van der Waals surface area (Å²) >= 11 is 0. The summed E-state index contributed by atoms with van der Waals surface area (Å²) < 4.78 is 13.0. The number of hydrogen-bond donors (Lipinski definition) is 1. The highest BCUT2D eigenvalue weighted by atomic mass is 19.1. The number of hydrogen-bond acceptors (Lipinski definition) is 2. The maximum Gasteiger partial charge on any atom is 0.123 e. The number of nitrogens with one attached hydrogen (secondary N) is 1. The zero-order valence-corrected chi connectivity index (χ0v) is 13.1. The first-order valence-corrected chi connectivity index (χ1v) is 7.69. The largest absolute Gasteiger partial charge is 0.311 e. The highest BCUT2D eigenvalue weighted by molar-refractivity contribution is 5.16. The van der Waals surface area contributed by atoms with Gasteiger partial charge >= 0.3 is 0 Å². The summed E-state index contributed by atoms with van der Waals surface area (Å²) in [6, 6.07) is 8.02. The van der Waals surface area contributed by atoms with Crippen LogP contribution in [0.4, 0.5) is 4.39 Å². The zero-order chi connectivity index (χ0) is 14.7. The van der Waals surface area contributed by atoms with E-state index in [-0.39, 0.29) is 5.82 Å². The van der Waals surface area contributed by atoms with Gasteiger partial charge in [-0.2, -0.15) is 0 Å². The predicted molar refractivity (Wildman–Crippen MR) is 82.1 cm³/mol. The van der Waals surface area contributed by atoms with Gasteiger partial charge in [-0.15, -0.1) is 0 Å². The molecule has 20 heavy (non-hydrogen) atoms. The Morgan fingerprint density at radius 2 is 1.80 bits per heavy atom. The molecule has 0 aliphatic carbocycles. The highest BCUT2D eigenvalue weighted by Gasteiger charge is 2.30. The molecule has 1 aliphatic heterocycles. The minimum atomic E-state index is -0.158. The van der Waals surface area contributed by atoms with Crippen LogP contribution < -0.4 is 5.32 Å². The van der Waals surface area contributed by atoms with Gasteiger partial charge in [0, 0.05) is 31.7 Å². The van der Waals surface area contributed by atoms with Crippen molar-refractivity contribution < 1.29 is 4.39 Å². The van der Waals surface area contributed by atoms with Crippen LogP contribution in [0.3, 0.4) is 0 Å². The first-order valence-electron chi connectivity index (χ1n) is 7.69. The second-order valence-electron chi connectivity index (χ2n) is 6.63. The first-order chi connectivity index (χ1) is 9.47. The smallest absolute Gasteiger partial charge is 0.123 e. The van der Waals surface area contributed by atoms with Gasteiger partial charge in [0.05, 0.1) is 0 Å². The van der Waals surface area contributed by atoms with Gasteiger partial charge in [-0.3, -0.25) is 4.90 Å². The lowest BCUT2D eigenvalue weighted by Crippen LogP contribution is -2.59. The molecule has 1 heterocycles.